The molecule has 0 spiro atoms. The first-order valence-electron chi connectivity index (χ1n) is 6.60. The fraction of sp³-hybridized carbons (Fsp3) is 0.429. The van der Waals surface area contributed by atoms with Crippen LogP contribution in [0.1, 0.15) is 5.56 Å². The standard InChI is InChI=1S/C14H19N3O3/c1-20-12-5-3-2-4-10(12)6-7-15-14(19)11-8-17-13(18)9-16-11/h2-5,11,16H,6-9H2,1H3,(H,15,19)(H,17,18). The number of carbonyl (C=O) groups excluding carboxylic acids is 2. The number of rotatable bonds is 5. The molecule has 3 N–H and O–H groups in total. The highest BCUT2D eigenvalue weighted by Crippen LogP contribution is 2.17. The van der Waals surface area contributed by atoms with Crippen LogP contribution in [0.25, 0.3) is 0 Å². The van der Waals surface area contributed by atoms with Gasteiger partial charge in [0.15, 0.2) is 0 Å². The molecule has 20 heavy (non-hydrogen) atoms. The van der Waals surface area contributed by atoms with Gasteiger partial charge in [-0.15, -0.1) is 0 Å². The molecule has 2 amide bonds. The summed E-state index contributed by atoms with van der Waals surface area (Å²) in [5, 5.41) is 8.41. The van der Waals surface area contributed by atoms with Gasteiger partial charge in [0.1, 0.15) is 11.8 Å². The van der Waals surface area contributed by atoms with Gasteiger partial charge in [-0.1, -0.05) is 18.2 Å². The van der Waals surface area contributed by atoms with E-state index >= 15 is 0 Å². The molecule has 0 saturated carbocycles. The van der Waals surface area contributed by atoms with Crippen molar-refractivity contribution in [3.63, 3.8) is 0 Å². The summed E-state index contributed by atoms with van der Waals surface area (Å²) in [6.07, 6.45) is 0.703. The fourth-order valence-corrected chi connectivity index (χ4v) is 2.10. The summed E-state index contributed by atoms with van der Waals surface area (Å²) >= 11 is 0. The Morgan fingerprint density at radius 2 is 2.25 bits per heavy atom. The van der Waals surface area contributed by atoms with E-state index in [1.54, 1.807) is 7.11 Å². The van der Waals surface area contributed by atoms with Crippen LogP contribution >= 0.6 is 0 Å². The first kappa shape index (κ1) is 14.3. The number of nitrogens with one attached hydrogen (secondary N) is 3. The van der Waals surface area contributed by atoms with E-state index in [0.717, 1.165) is 11.3 Å². The summed E-state index contributed by atoms with van der Waals surface area (Å²) in [6.45, 7) is 1.05. The van der Waals surface area contributed by atoms with Crippen LogP contribution in [0.5, 0.6) is 5.75 Å². The molecule has 1 heterocycles. The molecule has 1 fully saturated rings. The van der Waals surface area contributed by atoms with E-state index in [-0.39, 0.29) is 24.4 Å². The second kappa shape index (κ2) is 6.91. The first-order chi connectivity index (χ1) is 9.70. The monoisotopic (exact) mass is 277 g/mol. The average Bonchev–Trinajstić information content (AvgIpc) is 2.48. The van der Waals surface area contributed by atoms with Gasteiger partial charge in [-0.2, -0.15) is 0 Å². The molecule has 1 aliphatic heterocycles. The van der Waals surface area contributed by atoms with Crippen molar-refractivity contribution in [1.82, 2.24) is 16.0 Å². The highest BCUT2D eigenvalue weighted by molar-refractivity contribution is 5.86. The maximum atomic E-state index is 11.9. The van der Waals surface area contributed by atoms with Crippen LogP contribution in [0.2, 0.25) is 0 Å². The van der Waals surface area contributed by atoms with Crippen LogP contribution in [-0.4, -0.2) is 44.6 Å². The van der Waals surface area contributed by atoms with Crippen molar-refractivity contribution in [2.24, 2.45) is 0 Å². The molecule has 6 heteroatoms. The van der Waals surface area contributed by atoms with Gasteiger partial charge in [0.05, 0.1) is 13.7 Å². The van der Waals surface area contributed by atoms with E-state index in [2.05, 4.69) is 16.0 Å². The lowest BCUT2D eigenvalue weighted by Crippen LogP contribution is -2.58. The number of methoxy groups -OCH3 is 1. The van der Waals surface area contributed by atoms with Gasteiger partial charge in [-0.25, -0.2) is 0 Å². The second-order valence-corrected chi connectivity index (χ2v) is 4.59. The number of amides is 2. The Morgan fingerprint density at radius 3 is 2.95 bits per heavy atom. The normalized spacial score (nSPS) is 18.2. The van der Waals surface area contributed by atoms with Gasteiger partial charge in [-0.05, 0) is 18.1 Å². The smallest absolute Gasteiger partial charge is 0.238 e. The van der Waals surface area contributed by atoms with Gasteiger partial charge in [0.25, 0.3) is 0 Å². The molecule has 1 aromatic carbocycles. The largest absolute Gasteiger partial charge is 0.496 e. The van der Waals surface area contributed by atoms with Crippen LogP contribution < -0.4 is 20.7 Å². The number of piperazine rings is 1. The zero-order chi connectivity index (χ0) is 14.4. The minimum absolute atomic E-state index is 0.0805. The van der Waals surface area contributed by atoms with Crippen LogP contribution in [0.3, 0.4) is 0 Å². The van der Waals surface area contributed by atoms with Gasteiger partial charge < -0.3 is 15.4 Å². The van der Waals surface area contributed by atoms with Crippen molar-refractivity contribution in [2.75, 3.05) is 26.7 Å². The minimum atomic E-state index is -0.356. The predicted molar refractivity (Wildman–Crippen MR) is 74.5 cm³/mol. The van der Waals surface area contributed by atoms with Crippen molar-refractivity contribution in [1.29, 1.82) is 0 Å². The zero-order valence-electron chi connectivity index (χ0n) is 11.4. The third kappa shape index (κ3) is 3.71. The van der Waals surface area contributed by atoms with Gasteiger partial charge >= 0.3 is 0 Å². The molecule has 6 nitrogen and oxygen atoms in total. The Morgan fingerprint density at radius 1 is 1.45 bits per heavy atom. The summed E-state index contributed by atoms with van der Waals surface area (Å²) < 4.78 is 5.26. The molecular weight excluding hydrogens is 258 g/mol. The molecule has 1 aromatic rings. The van der Waals surface area contributed by atoms with Crippen molar-refractivity contribution < 1.29 is 14.3 Å². The number of ether oxygens (including phenoxy) is 1. The Kier molecular flexibility index (Phi) is 4.95. The molecule has 0 radical (unpaired) electrons. The lowest BCUT2D eigenvalue weighted by atomic mass is 10.1. The number of benzene rings is 1. The van der Waals surface area contributed by atoms with E-state index < -0.39 is 0 Å². The van der Waals surface area contributed by atoms with E-state index in [1.165, 1.54) is 0 Å². The third-order valence-electron chi connectivity index (χ3n) is 3.21. The SMILES string of the molecule is COc1ccccc1CCNC(=O)C1CNC(=O)CN1. The molecule has 108 valence electrons. The molecule has 1 atom stereocenters. The molecule has 1 aliphatic rings. The van der Waals surface area contributed by atoms with Crippen LogP contribution in [0.15, 0.2) is 24.3 Å². The molecule has 2 rings (SSSR count). The Balaban J connectivity index is 1.78. The van der Waals surface area contributed by atoms with Crippen LogP contribution in [0, 0.1) is 0 Å². The average molecular weight is 277 g/mol. The highest BCUT2D eigenvalue weighted by atomic mass is 16.5. The van der Waals surface area contributed by atoms with Crippen LogP contribution in [-0.2, 0) is 16.0 Å². The molecule has 0 aliphatic carbocycles. The fourth-order valence-electron chi connectivity index (χ4n) is 2.10. The molecule has 0 aromatic heterocycles. The lowest BCUT2D eigenvalue weighted by Gasteiger charge is -2.23. The maximum absolute atomic E-state index is 11.9. The molecular formula is C14H19N3O3. The Bertz CT molecular complexity index is 480. The second-order valence-electron chi connectivity index (χ2n) is 4.59. The van der Waals surface area contributed by atoms with Gasteiger partial charge in [-0.3, -0.25) is 14.9 Å². The Labute approximate surface area is 117 Å². The summed E-state index contributed by atoms with van der Waals surface area (Å²) in [5.74, 6) is 0.646. The van der Waals surface area contributed by atoms with Gasteiger partial charge in [0.2, 0.25) is 11.8 Å². The van der Waals surface area contributed by atoms with E-state index in [1.807, 2.05) is 24.3 Å². The molecule has 1 unspecified atom stereocenters. The summed E-state index contributed by atoms with van der Waals surface area (Å²) in [4.78, 5) is 22.9. The Hall–Kier alpha value is -2.08. The lowest BCUT2D eigenvalue weighted by molar-refractivity contribution is -0.126. The number of hydrogen-bond donors (Lipinski definition) is 3. The first-order valence-corrected chi connectivity index (χ1v) is 6.60. The summed E-state index contributed by atoms with van der Waals surface area (Å²) in [7, 11) is 1.63. The zero-order valence-corrected chi connectivity index (χ0v) is 11.4. The van der Waals surface area contributed by atoms with Crippen LogP contribution in [0.4, 0.5) is 0 Å². The number of carbonyl (C=O) groups is 2. The number of para-hydroxylation sites is 1. The van der Waals surface area contributed by atoms with E-state index in [9.17, 15) is 9.59 Å². The maximum Gasteiger partial charge on any atom is 0.238 e. The predicted octanol–water partition coefficient (Wildman–Crippen LogP) is -0.558. The number of hydrogen-bond acceptors (Lipinski definition) is 4. The highest BCUT2D eigenvalue weighted by Gasteiger charge is 2.23. The topological polar surface area (TPSA) is 79.5 Å². The molecule has 1 saturated heterocycles. The van der Waals surface area contributed by atoms with Crippen molar-refractivity contribution in [3.05, 3.63) is 29.8 Å². The van der Waals surface area contributed by atoms with Crippen molar-refractivity contribution >= 4 is 11.8 Å². The quantitative estimate of drug-likeness (QED) is 0.674. The molecule has 0 bridgehead atoms. The van der Waals surface area contributed by atoms with Crippen molar-refractivity contribution in [3.8, 4) is 5.75 Å². The van der Waals surface area contributed by atoms with Gasteiger partial charge in [0, 0.05) is 13.1 Å². The minimum Gasteiger partial charge on any atom is -0.496 e. The third-order valence-corrected chi connectivity index (χ3v) is 3.21. The van der Waals surface area contributed by atoms with E-state index in [0.29, 0.717) is 19.5 Å². The summed E-state index contributed by atoms with van der Waals surface area (Å²) in [6, 6.07) is 7.37. The van der Waals surface area contributed by atoms with E-state index in [4.69, 9.17) is 4.74 Å². The summed E-state index contributed by atoms with van der Waals surface area (Å²) in [5.41, 5.74) is 1.06. The van der Waals surface area contributed by atoms with Crippen molar-refractivity contribution in [2.45, 2.75) is 12.5 Å².